The van der Waals surface area contributed by atoms with E-state index in [-0.39, 0.29) is 5.56 Å². The molecule has 0 bridgehead atoms. The Kier molecular flexibility index (Phi) is 3.32. The highest BCUT2D eigenvalue weighted by Gasteiger charge is 2.10. The van der Waals surface area contributed by atoms with E-state index in [0.717, 1.165) is 18.2 Å². The molecule has 0 aliphatic carbocycles. The molecule has 1 heterocycles. The maximum absolute atomic E-state index is 10.8. The highest BCUT2D eigenvalue weighted by Crippen LogP contribution is 2.22. The number of carboxylic acids is 1. The third kappa shape index (κ3) is 2.20. The molecule has 1 N–H and O–H groups in total. The minimum atomic E-state index is -0.917. The third-order valence-electron chi connectivity index (χ3n) is 2.84. The second-order valence-electron chi connectivity index (χ2n) is 3.92. The number of imidazole rings is 1. The lowest BCUT2D eigenvalue weighted by Crippen LogP contribution is -2.15. The molecule has 1 aromatic carbocycles. The molecule has 0 spiro atoms. The topological polar surface area (TPSA) is 58.4 Å². The highest BCUT2D eigenvalue weighted by molar-refractivity contribution is 5.88. The fourth-order valence-corrected chi connectivity index (χ4v) is 1.79. The fourth-order valence-electron chi connectivity index (χ4n) is 1.79. The molecule has 5 nitrogen and oxygen atoms in total. The summed E-state index contributed by atoms with van der Waals surface area (Å²) in [7, 11) is 1.91. The maximum atomic E-state index is 10.8. The van der Waals surface area contributed by atoms with Gasteiger partial charge in [0.1, 0.15) is 0 Å². The van der Waals surface area contributed by atoms with Gasteiger partial charge in [0.2, 0.25) is 5.95 Å². The van der Waals surface area contributed by atoms with Gasteiger partial charge in [-0.25, -0.2) is 9.78 Å². The quantitative estimate of drug-likeness (QED) is 0.898. The van der Waals surface area contributed by atoms with Crippen molar-refractivity contribution in [1.29, 1.82) is 0 Å². The predicted octanol–water partition coefficient (Wildman–Crippen LogP) is 2.37. The Morgan fingerprint density at radius 1 is 1.39 bits per heavy atom. The molecule has 5 heteroatoms. The van der Waals surface area contributed by atoms with Gasteiger partial charge in [0.25, 0.3) is 0 Å². The van der Waals surface area contributed by atoms with E-state index < -0.39 is 5.97 Å². The molecule has 0 fully saturated rings. The summed E-state index contributed by atoms with van der Waals surface area (Å²) >= 11 is 0. The lowest BCUT2D eigenvalue weighted by molar-refractivity contribution is 0.0697. The zero-order chi connectivity index (χ0) is 13.1. The van der Waals surface area contributed by atoms with Gasteiger partial charge in [-0.15, -0.1) is 0 Å². The van der Waals surface area contributed by atoms with Crippen LogP contribution in [-0.4, -0.2) is 27.7 Å². The number of hydrogen-bond acceptors (Lipinski definition) is 3. The van der Waals surface area contributed by atoms with Crippen LogP contribution in [-0.2, 0) is 6.54 Å². The van der Waals surface area contributed by atoms with Gasteiger partial charge in [0.15, 0.2) is 0 Å². The van der Waals surface area contributed by atoms with Crippen LogP contribution in [0.4, 0.5) is 11.6 Å². The first-order valence-electron chi connectivity index (χ1n) is 5.71. The summed E-state index contributed by atoms with van der Waals surface area (Å²) in [5.41, 5.74) is 1.19. The SMILES string of the molecule is CCn1ccnc1N(C)c1ccc(C(=O)O)cc1. The van der Waals surface area contributed by atoms with E-state index in [0.29, 0.717) is 0 Å². The molecule has 0 radical (unpaired) electrons. The fraction of sp³-hybridized carbons (Fsp3) is 0.231. The number of rotatable bonds is 4. The molecular formula is C13H15N3O2. The molecule has 0 aliphatic heterocycles. The Balaban J connectivity index is 2.28. The molecule has 0 saturated carbocycles. The molecule has 1 aromatic heterocycles. The van der Waals surface area contributed by atoms with E-state index in [2.05, 4.69) is 4.98 Å². The average Bonchev–Trinajstić information content (AvgIpc) is 2.86. The van der Waals surface area contributed by atoms with E-state index in [1.54, 1.807) is 30.5 Å². The monoisotopic (exact) mass is 245 g/mol. The lowest BCUT2D eigenvalue weighted by atomic mass is 10.2. The number of benzene rings is 1. The first kappa shape index (κ1) is 12.2. The number of carbonyl (C=O) groups is 1. The molecule has 0 aliphatic rings. The molecule has 2 rings (SSSR count). The summed E-state index contributed by atoms with van der Waals surface area (Å²) in [6.07, 6.45) is 3.67. The Morgan fingerprint density at radius 2 is 2.06 bits per heavy atom. The molecule has 0 amide bonds. The van der Waals surface area contributed by atoms with Crippen molar-refractivity contribution in [3.8, 4) is 0 Å². The number of carboxylic acid groups (broad SMARTS) is 1. The van der Waals surface area contributed by atoms with Crippen LogP contribution < -0.4 is 4.90 Å². The molecule has 0 saturated heterocycles. The van der Waals surface area contributed by atoms with E-state index in [4.69, 9.17) is 5.11 Å². The molecule has 18 heavy (non-hydrogen) atoms. The van der Waals surface area contributed by atoms with Gasteiger partial charge >= 0.3 is 5.97 Å². The number of nitrogens with zero attached hydrogens (tertiary/aromatic N) is 3. The zero-order valence-electron chi connectivity index (χ0n) is 10.4. The molecule has 0 atom stereocenters. The van der Waals surface area contributed by atoms with E-state index >= 15 is 0 Å². The molecular weight excluding hydrogens is 230 g/mol. The summed E-state index contributed by atoms with van der Waals surface area (Å²) in [5.74, 6) is -0.0835. The van der Waals surface area contributed by atoms with Gasteiger partial charge in [-0.2, -0.15) is 0 Å². The van der Waals surface area contributed by atoms with Crippen LogP contribution in [0.25, 0.3) is 0 Å². The molecule has 0 unspecified atom stereocenters. The van der Waals surface area contributed by atoms with Crippen LogP contribution >= 0.6 is 0 Å². The van der Waals surface area contributed by atoms with Crippen LogP contribution in [0.15, 0.2) is 36.7 Å². The minimum absolute atomic E-state index is 0.283. The van der Waals surface area contributed by atoms with Crippen LogP contribution in [0.2, 0.25) is 0 Å². The predicted molar refractivity (Wildman–Crippen MR) is 69.4 cm³/mol. The van der Waals surface area contributed by atoms with Crippen LogP contribution in [0.3, 0.4) is 0 Å². The van der Waals surface area contributed by atoms with Crippen molar-refractivity contribution in [1.82, 2.24) is 9.55 Å². The van der Waals surface area contributed by atoms with Gasteiger partial charge < -0.3 is 14.6 Å². The number of hydrogen-bond donors (Lipinski definition) is 1. The normalized spacial score (nSPS) is 10.3. The summed E-state index contributed by atoms with van der Waals surface area (Å²) in [4.78, 5) is 17.0. The summed E-state index contributed by atoms with van der Waals surface area (Å²) in [5, 5.41) is 8.85. The largest absolute Gasteiger partial charge is 0.478 e. The lowest BCUT2D eigenvalue weighted by Gasteiger charge is -2.19. The number of aryl methyl sites for hydroxylation is 1. The van der Waals surface area contributed by atoms with Gasteiger partial charge in [-0.3, -0.25) is 0 Å². The Bertz CT molecular complexity index is 546. The van der Waals surface area contributed by atoms with Crippen molar-refractivity contribution in [3.63, 3.8) is 0 Å². The Hall–Kier alpha value is -2.30. The third-order valence-corrected chi connectivity index (χ3v) is 2.84. The maximum Gasteiger partial charge on any atom is 0.335 e. The van der Waals surface area contributed by atoms with Crippen molar-refractivity contribution >= 4 is 17.6 Å². The Morgan fingerprint density at radius 3 is 2.61 bits per heavy atom. The number of aromatic nitrogens is 2. The van der Waals surface area contributed by atoms with Crippen molar-refractivity contribution in [2.24, 2.45) is 0 Å². The first-order valence-corrected chi connectivity index (χ1v) is 5.71. The Labute approximate surface area is 105 Å². The number of anilines is 2. The average molecular weight is 245 g/mol. The molecule has 94 valence electrons. The van der Waals surface area contributed by atoms with E-state index in [1.165, 1.54) is 0 Å². The van der Waals surface area contributed by atoms with Crippen molar-refractivity contribution in [3.05, 3.63) is 42.2 Å². The minimum Gasteiger partial charge on any atom is -0.478 e. The number of aromatic carboxylic acids is 1. The molecule has 2 aromatic rings. The second-order valence-corrected chi connectivity index (χ2v) is 3.92. The second kappa shape index (κ2) is 4.91. The van der Waals surface area contributed by atoms with Crippen LogP contribution in [0.5, 0.6) is 0 Å². The summed E-state index contributed by atoms with van der Waals surface area (Å²) in [6, 6.07) is 6.73. The van der Waals surface area contributed by atoms with E-state index in [1.807, 2.05) is 29.6 Å². The highest BCUT2D eigenvalue weighted by atomic mass is 16.4. The van der Waals surface area contributed by atoms with Gasteiger partial charge in [-0.05, 0) is 31.2 Å². The van der Waals surface area contributed by atoms with Gasteiger partial charge in [0.05, 0.1) is 5.56 Å². The van der Waals surface area contributed by atoms with E-state index in [9.17, 15) is 4.79 Å². The van der Waals surface area contributed by atoms with Gasteiger partial charge in [-0.1, -0.05) is 0 Å². The summed E-state index contributed by atoms with van der Waals surface area (Å²) < 4.78 is 2.02. The smallest absolute Gasteiger partial charge is 0.335 e. The van der Waals surface area contributed by atoms with Crippen molar-refractivity contribution in [2.45, 2.75) is 13.5 Å². The first-order chi connectivity index (χ1) is 8.63. The van der Waals surface area contributed by atoms with Crippen molar-refractivity contribution < 1.29 is 9.90 Å². The van der Waals surface area contributed by atoms with Crippen molar-refractivity contribution in [2.75, 3.05) is 11.9 Å². The van der Waals surface area contributed by atoms with Gasteiger partial charge in [0, 0.05) is 31.7 Å². The summed E-state index contributed by atoms with van der Waals surface area (Å²) in [6.45, 7) is 2.89. The standard InChI is InChI=1S/C13H15N3O2/c1-3-16-9-8-14-13(16)15(2)11-6-4-10(5-7-11)12(17)18/h4-9H,3H2,1-2H3,(H,17,18). The van der Waals surface area contributed by atoms with Crippen LogP contribution in [0.1, 0.15) is 17.3 Å². The zero-order valence-corrected chi connectivity index (χ0v) is 10.4. The van der Waals surface area contributed by atoms with Crippen LogP contribution in [0, 0.1) is 0 Å².